The lowest BCUT2D eigenvalue weighted by molar-refractivity contribution is -0.274. The summed E-state index contributed by atoms with van der Waals surface area (Å²) in [4.78, 5) is 12.3. The highest BCUT2D eigenvalue weighted by Crippen LogP contribution is 2.25. The minimum absolute atomic E-state index is 0.0320. The summed E-state index contributed by atoms with van der Waals surface area (Å²) in [6.45, 7) is 2.20. The number of aryl methyl sites for hydroxylation is 1. The summed E-state index contributed by atoms with van der Waals surface area (Å²) in [5, 5.41) is 2.73. The van der Waals surface area contributed by atoms with Gasteiger partial charge in [0.1, 0.15) is 5.75 Å². The molecule has 3 aromatic rings. The molecule has 0 heterocycles. The second-order valence-electron chi connectivity index (χ2n) is 6.84. The third kappa shape index (κ3) is 6.24. The van der Waals surface area contributed by atoms with Crippen molar-refractivity contribution in [3.8, 4) is 5.75 Å². The van der Waals surface area contributed by atoms with Crippen molar-refractivity contribution < 1.29 is 31.1 Å². The van der Waals surface area contributed by atoms with E-state index in [2.05, 4.69) is 14.8 Å². The molecule has 3 aromatic carbocycles. The number of benzene rings is 3. The molecule has 168 valence electrons. The quantitative estimate of drug-likeness (QED) is 0.534. The molecule has 0 aliphatic rings. The van der Waals surface area contributed by atoms with E-state index >= 15 is 0 Å². The van der Waals surface area contributed by atoms with Crippen molar-refractivity contribution >= 4 is 21.6 Å². The molecule has 0 aromatic heterocycles. The topological polar surface area (TPSA) is 84.5 Å². The van der Waals surface area contributed by atoms with Crippen molar-refractivity contribution in [1.82, 2.24) is 5.32 Å². The molecule has 0 unspecified atom stereocenters. The first-order valence-corrected chi connectivity index (χ1v) is 10.8. The molecular formula is C22H19F3N2O4S. The number of sulfonamides is 1. The van der Waals surface area contributed by atoms with Crippen molar-refractivity contribution in [2.45, 2.75) is 24.7 Å². The molecule has 0 spiro atoms. The Morgan fingerprint density at radius 2 is 1.56 bits per heavy atom. The largest absolute Gasteiger partial charge is 0.573 e. The fourth-order valence-electron chi connectivity index (χ4n) is 2.78. The second-order valence-corrected chi connectivity index (χ2v) is 8.52. The standard InChI is InChI=1S/C22H19F3N2O4S/c1-15-6-8-16(9-7-15)14-26-21(28)19-4-2-3-5-20(19)27-32(29,30)18-12-10-17(11-13-18)31-22(23,24)25/h2-13,27H,14H2,1H3,(H,26,28). The van der Waals surface area contributed by atoms with Gasteiger partial charge in [-0.15, -0.1) is 13.2 Å². The summed E-state index contributed by atoms with van der Waals surface area (Å²) in [5.74, 6) is -1.04. The van der Waals surface area contributed by atoms with Crippen molar-refractivity contribution in [2.75, 3.05) is 4.72 Å². The lowest BCUT2D eigenvalue weighted by Crippen LogP contribution is -2.25. The Balaban J connectivity index is 1.74. The normalized spacial score (nSPS) is 11.6. The van der Waals surface area contributed by atoms with Gasteiger partial charge in [0.15, 0.2) is 0 Å². The van der Waals surface area contributed by atoms with Crippen molar-refractivity contribution in [3.05, 3.63) is 89.5 Å². The number of rotatable bonds is 7. The Kier molecular flexibility index (Phi) is 6.73. The lowest BCUT2D eigenvalue weighted by atomic mass is 10.1. The van der Waals surface area contributed by atoms with E-state index in [0.29, 0.717) is 0 Å². The van der Waals surface area contributed by atoms with Crippen LogP contribution in [0.3, 0.4) is 0 Å². The highest BCUT2D eigenvalue weighted by molar-refractivity contribution is 7.92. The maximum Gasteiger partial charge on any atom is 0.573 e. The van der Waals surface area contributed by atoms with E-state index in [0.717, 1.165) is 35.4 Å². The van der Waals surface area contributed by atoms with Crippen LogP contribution in [-0.2, 0) is 16.6 Å². The molecule has 1 amide bonds. The molecule has 32 heavy (non-hydrogen) atoms. The van der Waals surface area contributed by atoms with Gasteiger partial charge in [0.2, 0.25) is 0 Å². The van der Waals surface area contributed by atoms with E-state index in [-0.39, 0.29) is 22.7 Å². The number of anilines is 1. The summed E-state index contributed by atoms with van der Waals surface area (Å²) >= 11 is 0. The predicted octanol–water partition coefficient (Wildman–Crippen LogP) is 4.62. The Bertz CT molecular complexity index is 1190. The van der Waals surface area contributed by atoms with Crippen LogP contribution in [0.1, 0.15) is 21.5 Å². The van der Waals surface area contributed by atoms with Crippen molar-refractivity contribution in [1.29, 1.82) is 0 Å². The first-order valence-electron chi connectivity index (χ1n) is 9.35. The summed E-state index contributed by atoms with van der Waals surface area (Å²) in [5.41, 5.74) is 2.09. The number of nitrogens with one attached hydrogen (secondary N) is 2. The van der Waals surface area contributed by atoms with Gasteiger partial charge in [-0.1, -0.05) is 42.0 Å². The third-order valence-electron chi connectivity index (χ3n) is 4.36. The van der Waals surface area contributed by atoms with Crippen molar-refractivity contribution in [2.24, 2.45) is 0 Å². The Hall–Kier alpha value is -3.53. The number of hydrogen-bond acceptors (Lipinski definition) is 4. The van der Waals surface area contributed by atoms with E-state index < -0.39 is 28.0 Å². The molecule has 0 aliphatic heterocycles. The molecule has 0 bridgehead atoms. The summed E-state index contributed by atoms with van der Waals surface area (Å²) in [6, 6.07) is 17.3. The van der Waals surface area contributed by atoms with Gasteiger partial charge in [0.25, 0.3) is 15.9 Å². The average Bonchev–Trinajstić information content (AvgIpc) is 2.72. The fraction of sp³-hybridized carbons (Fsp3) is 0.136. The molecular weight excluding hydrogens is 445 g/mol. The molecule has 0 atom stereocenters. The van der Waals surface area contributed by atoms with E-state index in [1.54, 1.807) is 12.1 Å². The number of hydrogen-bond donors (Lipinski definition) is 2. The van der Waals surface area contributed by atoms with Crippen LogP contribution in [0.15, 0.2) is 77.7 Å². The predicted molar refractivity (Wildman–Crippen MR) is 113 cm³/mol. The third-order valence-corrected chi connectivity index (χ3v) is 5.74. The van der Waals surface area contributed by atoms with E-state index in [4.69, 9.17) is 0 Å². The van der Waals surface area contributed by atoms with Crippen molar-refractivity contribution in [3.63, 3.8) is 0 Å². The van der Waals surface area contributed by atoms with Gasteiger partial charge in [0, 0.05) is 6.54 Å². The molecule has 0 fully saturated rings. The van der Waals surface area contributed by atoms with Crippen LogP contribution in [-0.4, -0.2) is 20.7 Å². The van der Waals surface area contributed by atoms with E-state index in [9.17, 15) is 26.4 Å². The van der Waals surface area contributed by atoms with Gasteiger partial charge in [-0.05, 0) is 48.9 Å². The van der Waals surface area contributed by atoms with Crippen LogP contribution < -0.4 is 14.8 Å². The van der Waals surface area contributed by atoms with Crippen LogP contribution >= 0.6 is 0 Å². The molecule has 2 N–H and O–H groups in total. The molecule has 0 saturated carbocycles. The molecule has 0 aliphatic carbocycles. The van der Waals surface area contributed by atoms with Crippen LogP contribution in [0.5, 0.6) is 5.75 Å². The van der Waals surface area contributed by atoms with Crippen LogP contribution in [0.2, 0.25) is 0 Å². The zero-order valence-corrected chi connectivity index (χ0v) is 17.6. The summed E-state index contributed by atoms with van der Waals surface area (Å²) in [6.07, 6.45) is -4.89. The van der Waals surface area contributed by atoms with Crippen LogP contribution in [0.25, 0.3) is 0 Å². The Labute approximate surface area is 183 Å². The smallest absolute Gasteiger partial charge is 0.406 e. The molecule has 0 saturated heterocycles. The SMILES string of the molecule is Cc1ccc(CNC(=O)c2ccccc2NS(=O)(=O)c2ccc(OC(F)(F)F)cc2)cc1. The number of ether oxygens (including phenoxy) is 1. The maximum absolute atomic E-state index is 12.7. The molecule has 0 radical (unpaired) electrons. The van der Waals surface area contributed by atoms with Gasteiger partial charge in [-0.25, -0.2) is 8.42 Å². The van der Waals surface area contributed by atoms with Crippen LogP contribution in [0.4, 0.5) is 18.9 Å². The van der Waals surface area contributed by atoms with Gasteiger partial charge in [-0.2, -0.15) is 0 Å². The zero-order chi connectivity index (χ0) is 23.4. The number of carbonyl (C=O) groups is 1. The van der Waals surface area contributed by atoms with Gasteiger partial charge < -0.3 is 10.1 Å². The van der Waals surface area contributed by atoms with E-state index in [1.807, 2.05) is 31.2 Å². The Morgan fingerprint density at radius 1 is 0.938 bits per heavy atom. The Morgan fingerprint density at radius 3 is 2.19 bits per heavy atom. The number of carbonyl (C=O) groups excluding carboxylic acids is 1. The number of amides is 1. The highest BCUT2D eigenvalue weighted by atomic mass is 32.2. The highest BCUT2D eigenvalue weighted by Gasteiger charge is 2.31. The fourth-order valence-corrected chi connectivity index (χ4v) is 3.86. The number of alkyl halides is 3. The first kappa shape index (κ1) is 23.1. The number of para-hydroxylation sites is 1. The van der Waals surface area contributed by atoms with E-state index in [1.165, 1.54) is 12.1 Å². The number of halogens is 3. The minimum Gasteiger partial charge on any atom is -0.406 e. The minimum atomic E-state index is -4.89. The summed E-state index contributed by atoms with van der Waals surface area (Å²) < 4.78 is 68.2. The lowest BCUT2D eigenvalue weighted by Gasteiger charge is -2.14. The summed E-state index contributed by atoms with van der Waals surface area (Å²) in [7, 11) is -4.17. The van der Waals surface area contributed by atoms with Gasteiger partial charge in [0.05, 0.1) is 16.1 Å². The first-order chi connectivity index (χ1) is 15.0. The monoisotopic (exact) mass is 464 g/mol. The van der Waals surface area contributed by atoms with Gasteiger partial charge in [-0.3, -0.25) is 9.52 Å². The zero-order valence-electron chi connectivity index (χ0n) is 16.8. The maximum atomic E-state index is 12.7. The molecule has 10 heteroatoms. The second kappa shape index (κ2) is 9.31. The van der Waals surface area contributed by atoms with Crippen LogP contribution in [0, 0.1) is 6.92 Å². The van der Waals surface area contributed by atoms with Gasteiger partial charge >= 0.3 is 6.36 Å². The molecule has 3 rings (SSSR count). The molecule has 6 nitrogen and oxygen atoms in total. The average molecular weight is 464 g/mol.